The number of aliphatic hydroxyl groups is 1. The number of carboxylic acid groups (broad SMARTS) is 2. The maximum absolute atomic E-state index is 10.2. The van der Waals surface area contributed by atoms with Gasteiger partial charge in [0.1, 0.15) is 0 Å². The zero-order valence-electron chi connectivity index (χ0n) is 11.1. The van der Waals surface area contributed by atoms with Crippen molar-refractivity contribution in [1.82, 2.24) is 0 Å². The van der Waals surface area contributed by atoms with Crippen LogP contribution < -0.4 is 0 Å². The molecule has 0 spiro atoms. The van der Waals surface area contributed by atoms with Gasteiger partial charge in [0.25, 0.3) is 0 Å². The molecule has 0 aliphatic carbocycles. The molecule has 0 saturated heterocycles. The lowest BCUT2D eigenvalue weighted by molar-refractivity contribution is -0.133. The highest BCUT2D eigenvalue weighted by Crippen LogP contribution is 1.97. The number of carboxylic acids is 2. The summed E-state index contributed by atoms with van der Waals surface area (Å²) in [6.45, 7) is 5.15. The molecule has 18 heavy (non-hydrogen) atoms. The highest BCUT2D eigenvalue weighted by atomic mass is 16.4. The van der Waals surface area contributed by atoms with Gasteiger partial charge in [-0.05, 0) is 33.1 Å². The van der Waals surface area contributed by atoms with Crippen LogP contribution in [-0.2, 0) is 9.59 Å². The minimum Gasteiger partial charge on any atom is -0.478 e. The number of hydrogen-bond donors (Lipinski definition) is 3. The van der Waals surface area contributed by atoms with Crippen molar-refractivity contribution in [3.05, 3.63) is 23.3 Å². The first-order valence-corrected chi connectivity index (χ1v) is 5.77. The molecule has 0 radical (unpaired) electrons. The molecule has 0 heterocycles. The average Bonchev–Trinajstić information content (AvgIpc) is 2.30. The zero-order chi connectivity index (χ0) is 14.6. The van der Waals surface area contributed by atoms with Crippen LogP contribution in [0.2, 0.25) is 0 Å². The van der Waals surface area contributed by atoms with Gasteiger partial charge in [-0.3, -0.25) is 0 Å². The van der Waals surface area contributed by atoms with Gasteiger partial charge in [0.05, 0.1) is 0 Å². The smallest absolute Gasteiger partial charge is 0.330 e. The Bertz CT molecular complexity index is 315. The predicted molar refractivity (Wildman–Crippen MR) is 69.4 cm³/mol. The van der Waals surface area contributed by atoms with Gasteiger partial charge in [-0.1, -0.05) is 19.1 Å². The second-order valence-electron chi connectivity index (χ2n) is 3.66. The molecular weight excluding hydrogens is 236 g/mol. The molecular formula is C13H22O5. The summed E-state index contributed by atoms with van der Waals surface area (Å²) in [6, 6.07) is 0. The molecule has 5 heteroatoms. The first-order valence-electron chi connectivity index (χ1n) is 5.77. The molecule has 0 aliphatic heterocycles. The SMILES string of the molecule is CC(=CCCCO)C(=O)O.CCC=C(C)C(=O)O. The summed E-state index contributed by atoms with van der Waals surface area (Å²) in [7, 11) is 0. The summed E-state index contributed by atoms with van der Waals surface area (Å²) in [5.41, 5.74) is 0.765. The van der Waals surface area contributed by atoms with E-state index in [9.17, 15) is 9.59 Å². The van der Waals surface area contributed by atoms with Crippen LogP contribution in [0.25, 0.3) is 0 Å². The Morgan fingerprint density at radius 1 is 1.00 bits per heavy atom. The molecule has 0 atom stereocenters. The van der Waals surface area contributed by atoms with Crippen LogP contribution in [0.3, 0.4) is 0 Å². The molecule has 0 aromatic heterocycles. The fraction of sp³-hybridized carbons (Fsp3) is 0.538. The van der Waals surface area contributed by atoms with Crippen molar-refractivity contribution in [2.24, 2.45) is 0 Å². The third-order valence-corrected chi connectivity index (χ3v) is 2.00. The van der Waals surface area contributed by atoms with Gasteiger partial charge in [-0.25, -0.2) is 9.59 Å². The van der Waals surface area contributed by atoms with E-state index in [0.29, 0.717) is 24.0 Å². The summed E-state index contributed by atoms with van der Waals surface area (Å²) in [4.78, 5) is 20.2. The summed E-state index contributed by atoms with van der Waals surface area (Å²) in [5, 5.41) is 24.9. The summed E-state index contributed by atoms with van der Waals surface area (Å²) in [6.07, 6.45) is 5.35. The lowest BCUT2D eigenvalue weighted by atomic mass is 10.2. The van der Waals surface area contributed by atoms with E-state index in [1.807, 2.05) is 6.92 Å². The van der Waals surface area contributed by atoms with E-state index in [2.05, 4.69) is 0 Å². The Labute approximate surface area is 107 Å². The van der Waals surface area contributed by atoms with Crippen molar-refractivity contribution < 1.29 is 24.9 Å². The van der Waals surface area contributed by atoms with Crippen LogP contribution in [0, 0.1) is 0 Å². The second kappa shape index (κ2) is 11.9. The third-order valence-electron chi connectivity index (χ3n) is 2.00. The molecule has 0 aromatic rings. The Morgan fingerprint density at radius 2 is 1.44 bits per heavy atom. The standard InChI is InChI=1S/C7H12O3.C6H10O2/c1-6(7(9)10)4-2-3-5-8;1-3-4-5(2)6(7)8/h4,8H,2-3,5H2,1H3,(H,9,10);4H,3H2,1-2H3,(H,7,8). The highest BCUT2D eigenvalue weighted by Gasteiger charge is 1.96. The number of rotatable bonds is 6. The minimum atomic E-state index is -0.891. The number of allylic oxidation sites excluding steroid dienone is 2. The van der Waals surface area contributed by atoms with Crippen LogP contribution in [0.15, 0.2) is 23.3 Å². The lowest BCUT2D eigenvalue weighted by Gasteiger charge is -1.91. The minimum absolute atomic E-state index is 0.114. The van der Waals surface area contributed by atoms with Crippen LogP contribution in [-0.4, -0.2) is 33.9 Å². The number of hydrogen-bond acceptors (Lipinski definition) is 3. The lowest BCUT2D eigenvalue weighted by Crippen LogP contribution is -1.95. The van der Waals surface area contributed by atoms with E-state index in [1.54, 1.807) is 26.0 Å². The van der Waals surface area contributed by atoms with Gasteiger partial charge in [-0.15, -0.1) is 0 Å². The molecule has 0 rings (SSSR count). The monoisotopic (exact) mass is 258 g/mol. The fourth-order valence-electron chi connectivity index (χ4n) is 0.891. The van der Waals surface area contributed by atoms with Gasteiger partial charge in [-0.2, -0.15) is 0 Å². The Kier molecular flexibility index (Phi) is 12.3. The van der Waals surface area contributed by atoms with Crippen molar-refractivity contribution in [3.63, 3.8) is 0 Å². The quantitative estimate of drug-likeness (QED) is 0.501. The van der Waals surface area contributed by atoms with Crippen molar-refractivity contribution in [1.29, 1.82) is 0 Å². The number of unbranched alkanes of at least 4 members (excludes halogenated alkanes) is 1. The van der Waals surface area contributed by atoms with Crippen molar-refractivity contribution in [2.45, 2.75) is 40.0 Å². The molecule has 5 nitrogen and oxygen atoms in total. The van der Waals surface area contributed by atoms with Gasteiger partial charge in [0.2, 0.25) is 0 Å². The largest absolute Gasteiger partial charge is 0.478 e. The maximum Gasteiger partial charge on any atom is 0.330 e. The van der Waals surface area contributed by atoms with Crippen molar-refractivity contribution in [3.8, 4) is 0 Å². The topological polar surface area (TPSA) is 94.8 Å². The van der Waals surface area contributed by atoms with Gasteiger partial charge in [0, 0.05) is 17.8 Å². The van der Waals surface area contributed by atoms with E-state index < -0.39 is 11.9 Å². The van der Waals surface area contributed by atoms with E-state index in [0.717, 1.165) is 6.42 Å². The normalized spacial score (nSPS) is 11.6. The van der Waals surface area contributed by atoms with Crippen molar-refractivity contribution >= 4 is 11.9 Å². The number of aliphatic carboxylic acids is 2. The Morgan fingerprint density at radius 3 is 1.72 bits per heavy atom. The zero-order valence-corrected chi connectivity index (χ0v) is 11.1. The van der Waals surface area contributed by atoms with Crippen LogP contribution in [0.4, 0.5) is 0 Å². The summed E-state index contributed by atoms with van der Waals surface area (Å²) >= 11 is 0. The van der Waals surface area contributed by atoms with E-state index >= 15 is 0 Å². The molecule has 0 aromatic carbocycles. The molecule has 0 bridgehead atoms. The van der Waals surface area contributed by atoms with E-state index in [1.165, 1.54) is 0 Å². The first kappa shape index (κ1) is 18.7. The van der Waals surface area contributed by atoms with Gasteiger partial charge >= 0.3 is 11.9 Å². The highest BCUT2D eigenvalue weighted by molar-refractivity contribution is 5.86. The van der Waals surface area contributed by atoms with Gasteiger partial charge in [0.15, 0.2) is 0 Å². The second-order valence-corrected chi connectivity index (χ2v) is 3.66. The molecule has 104 valence electrons. The van der Waals surface area contributed by atoms with Crippen LogP contribution in [0.1, 0.15) is 40.0 Å². The molecule has 0 aliphatic rings. The maximum atomic E-state index is 10.2. The van der Waals surface area contributed by atoms with Gasteiger partial charge < -0.3 is 15.3 Å². The third kappa shape index (κ3) is 12.4. The fourth-order valence-corrected chi connectivity index (χ4v) is 0.891. The Balaban J connectivity index is 0. The van der Waals surface area contributed by atoms with Crippen LogP contribution >= 0.6 is 0 Å². The van der Waals surface area contributed by atoms with E-state index in [-0.39, 0.29) is 6.61 Å². The number of aliphatic hydroxyl groups excluding tert-OH is 1. The molecule has 0 unspecified atom stereocenters. The summed E-state index contributed by atoms with van der Waals surface area (Å²) < 4.78 is 0. The first-order chi connectivity index (χ1) is 8.36. The Hall–Kier alpha value is -1.62. The summed E-state index contributed by atoms with van der Waals surface area (Å²) in [5.74, 6) is -1.72. The number of carbonyl (C=O) groups is 2. The average molecular weight is 258 g/mol. The van der Waals surface area contributed by atoms with Crippen molar-refractivity contribution in [2.75, 3.05) is 6.61 Å². The van der Waals surface area contributed by atoms with Crippen LogP contribution in [0.5, 0.6) is 0 Å². The molecule has 0 saturated carbocycles. The molecule has 0 amide bonds. The molecule has 3 N–H and O–H groups in total. The van der Waals surface area contributed by atoms with E-state index in [4.69, 9.17) is 15.3 Å². The predicted octanol–water partition coefficient (Wildman–Crippen LogP) is 2.22. The molecule has 0 fully saturated rings.